The van der Waals surface area contributed by atoms with Gasteiger partial charge in [-0.25, -0.2) is 4.68 Å². The Hall–Kier alpha value is -2.90. The van der Waals surface area contributed by atoms with Crippen molar-refractivity contribution in [2.45, 2.75) is 50.7 Å². The number of tetrazole rings is 1. The topological polar surface area (TPSA) is 59.7 Å². The van der Waals surface area contributed by atoms with Gasteiger partial charge in [0.05, 0.1) is 12.1 Å². The van der Waals surface area contributed by atoms with Gasteiger partial charge in [0.1, 0.15) is 0 Å². The molecule has 6 nitrogen and oxygen atoms in total. The Balaban J connectivity index is 1.52. The van der Waals surface area contributed by atoms with E-state index in [-0.39, 0.29) is 6.04 Å². The number of benzene rings is 1. The maximum Gasteiger partial charge on any atom is 0.173 e. The second-order valence-electron chi connectivity index (χ2n) is 8.39. The molecule has 0 aliphatic heterocycles. The van der Waals surface area contributed by atoms with Gasteiger partial charge in [-0.05, 0) is 58.3 Å². The Morgan fingerprint density at radius 3 is 2.66 bits per heavy atom. The molecule has 1 aromatic carbocycles. The molecule has 164 valence electrons. The molecular formula is C25H28N6S. The van der Waals surface area contributed by atoms with E-state index in [0.717, 1.165) is 43.7 Å². The van der Waals surface area contributed by atoms with Crippen LogP contribution in [0.1, 0.15) is 59.6 Å². The van der Waals surface area contributed by atoms with E-state index in [4.69, 9.17) is 0 Å². The fourth-order valence-corrected chi connectivity index (χ4v) is 5.40. The molecule has 4 aromatic rings. The molecule has 0 amide bonds. The van der Waals surface area contributed by atoms with Crippen LogP contribution in [0, 0.1) is 0 Å². The van der Waals surface area contributed by atoms with Gasteiger partial charge in [0.25, 0.3) is 0 Å². The van der Waals surface area contributed by atoms with Crippen LogP contribution in [0.2, 0.25) is 0 Å². The lowest BCUT2D eigenvalue weighted by molar-refractivity contribution is 0.204. The highest BCUT2D eigenvalue weighted by Gasteiger charge is 2.31. The highest BCUT2D eigenvalue weighted by molar-refractivity contribution is 7.09. The van der Waals surface area contributed by atoms with E-state index in [0.29, 0.717) is 6.04 Å². The first-order valence-corrected chi connectivity index (χ1v) is 12.2. The lowest BCUT2D eigenvalue weighted by atomic mass is 10.0. The lowest BCUT2D eigenvalue weighted by Gasteiger charge is -2.31. The van der Waals surface area contributed by atoms with Crippen molar-refractivity contribution in [3.8, 4) is 0 Å². The molecule has 0 N–H and O–H groups in total. The molecule has 0 bridgehead atoms. The summed E-state index contributed by atoms with van der Waals surface area (Å²) in [6, 6.07) is 19.5. The zero-order valence-electron chi connectivity index (χ0n) is 18.1. The number of pyridine rings is 1. The van der Waals surface area contributed by atoms with E-state index < -0.39 is 0 Å². The second kappa shape index (κ2) is 10.1. The molecule has 1 saturated carbocycles. The summed E-state index contributed by atoms with van der Waals surface area (Å²) in [5.41, 5.74) is 2.47. The molecule has 5 rings (SSSR count). The zero-order valence-corrected chi connectivity index (χ0v) is 18.9. The van der Waals surface area contributed by atoms with Crippen LogP contribution >= 0.6 is 11.3 Å². The smallest absolute Gasteiger partial charge is 0.173 e. The van der Waals surface area contributed by atoms with E-state index in [9.17, 15) is 0 Å². The first kappa shape index (κ1) is 21.0. The van der Waals surface area contributed by atoms with Crippen LogP contribution in [0.15, 0.2) is 72.4 Å². The first-order chi connectivity index (χ1) is 15.9. The van der Waals surface area contributed by atoms with Crippen molar-refractivity contribution < 1.29 is 0 Å². The van der Waals surface area contributed by atoms with Gasteiger partial charge in [-0.1, -0.05) is 55.3 Å². The van der Waals surface area contributed by atoms with Crippen LogP contribution < -0.4 is 0 Å². The third kappa shape index (κ3) is 4.79. The molecule has 1 atom stereocenters. The van der Waals surface area contributed by atoms with Gasteiger partial charge >= 0.3 is 0 Å². The largest absolute Gasteiger partial charge is 0.284 e. The SMILES string of the molecule is c1ccc(CCN(Cc2cccs2)C(c2cccnc2)c2nnnn2C2CCCC2)cc1. The van der Waals surface area contributed by atoms with Crippen molar-refractivity contribution in [1.82, 2.24) is 30.1 Å². The molecule has 7 heteroatoms. The molecule has 0 spiro atoms. The molecule has 1 aliphatic carbocycles. The van der Waals surface area contributed by atoms with Gasteiger partial charge in [-0.2, -0.15) is 0 Å². The summed E-state index contributed by atoms with van der Waals surface area (Å²) in [7, 11) is 0. The molecule has 3 heterocycles. The normalized spacial score (nSPS) is 15.4. The minimum atomic E-state index is -0.0508. The fourth-order valence-electron chi connectivity index (χ4n) is 4.67. The highest BCUT2D eigenvalue weighted by atomic mass is 32.1. The van der Waals surface area contributed by atoms with Crippen molar-refractivity contribution in [3.05, 3.63) is 94.2 Å². The van der Waals surface area contributed by atoms with Gasteiger partial charge in [0.15, 0.2) is 5.82 Å². The zero-order chi connectivity index (χ0) is 21.6. The number of thiophene rings is 1. The molecule has 0 radical (unpaired) electrons. The lowest BCUT2D eigenvalue weighted by Crippen LogP contribution is -2.33. The standard InChI is InChI=1S/C25H28N6S/c1-2-8-20(9-3-1)14-16-30(19-23-13-7-17-32-23)24(21-10-6-15-26-18-21)25-27-28-29-31(25)22-11-4-5-12-22/h1-3,6-10,13,15,17-18,22,24H,4-5,11-12,14,16,19H2. The van der Waals surface area contributed by atoms with Crippen LogP contribution in [-0.2, 0) is 13.0 Å². The molecule has 1 aliphatic rings. The monoisotopic (exact) mass is 444 g/mol. The van der Waals surface area contributed by atoms with Gasteiger partial charge in [-0.15, -0.1) is 16.4 Å². The van der Waals surface area contributed by atoms with E-state index in [2.05, 4.69) is 84.0 Å². The molecule has 3 aromatic heterocycles. The van der Waals surface area contributed by atoms with Crippen molar-refractivity contribution in [1.29, 1.82) is 0 Å². The molecular weight excluding hydrogens is 416 g/mol. The summed E-state index contributed by atoms with van der Waals surface area (Å²) in [6.45, 7) is 1.75. The average Bonchev–Trinajstić information content (AvgIpc) is 3.62. The van der Waals surface area contributed by atoms with Gasteiger partial charge in [-0.3, -0.25) is 9.88 Å². The van der Waals surface area contributed by atoms with Crippen LogP contribution in [0.4, 0.5) is 0 Å². The predicted molar refractivity (Wildman–Crippen MR) is 126 cm³/mol. The van der Waals surface area contributed by atoms with Crippen molar-refractivity contribution in [3.63, 3.8) is 0 Å². The number of rotatable bonds is 9. The summed E-state index contributed by atoms with van der Waals surface area (Å²) in [5, 5.41) is 15.3. The Bertz CT molecular complexity index is 1070. The van der Waals surface area contributed by atoms with Gasteiger partial charge in [0, 0.05) is 30.4 Å². The van der Waals surface area contributed by atoms with E-state index in [1.807, 2.05) is 18.5 Å². The third-order valence-electron chi connectivity index (χ3n) is 6.27. The molecule has 1 fully saturated rings. The summed E-state index contributed by atoms with van der Waals surface area (Å²) < 4.78 is 2.09. The second-order valence-corrected chi connectivity index (χ2v) is 9.43. The van der Waals surface area contributed by atoms with Gasteiger partial charge in [0.2, 0.25) is 0 Å². The molecule has 0 saturated heterocycles. The van der Waals surface area contributed by atoms with Crippen LogP contribution in [-0.4, -0.2) is 36.6 Å². The van der Waals surface area contributed by atoms with Crippen LogP contribution in [0.3, 0.4) is 0 Å². The Labute approximate surface area is 192 Å². The van der Waals surface area contributed by atoms with E-state index in [1.54, 1.807) is 11.3 Å². The molecule has 1 unspecified atom stereocenters. The summed E-state index contributed by atoms with van der Waals surface area (Å²) >= 11 is 1.80. The summed E-state index contributed by atoms with van der Waals surface area (Å²) in [5.74, 6) is 0.925. The van der Waals surface area contributed by atoms with Crippen molar-refractivity contribution >= 4 is 11.3 Å². The third-order valence-corrected chi connectivity index (χ3v) is 7.13. The van der Waals surface area contributed by atoms with Crippen LogP contribution in [0.5, 0.6) is 0 Å². The average molecular weight is 445 g/mol. The summed E-state index contributed by atoms with van der Waals surface area (Å²) in [6.07, 6.45) is 9.53. The van der Waals surface area contributed by atoms with Gasteiger partial charge < -0.3 is 0 Å². The van der Waals surface area contributed by atoms with Crippen molar-refractivity contribution in [2.75, 3.05) is 6.54 Å². The fraction of sp³-hybridized carbons (Fsp3) is 0.360. The summed E-state index contributed by atoms with van der Waals surface area (Å²) in [4.78, 5) is 8.29. The quantitative estimate of drug-likeness (QED) is 0.360. The number of hydrogen-bond donors (Lipinski definition) is 0. The molecule has 32 heavy (non-hydrogen) atoms. The van der Waals surface area contributed by atoms with Crippen LogP contribution in [0.25, 0.3) is 0 Å². The Morgan fingerprint density at radius 2 is 1.91 bits per heavy atom. The number of aromatic nitrogens is 5. The Kier molecular flexibility index (Phi) is 6.65. The highest BCUT2D eigenvalue weighted by Crippen LogP contribution is 2.34. The Morgan fingerprint density at radius 1 is 1.03 bits per heavy atom. The first-order valence-electron chi connectivity index (χ1n) is 11.4. The predicted octanol–water partition coefficient (Wildman–Crippen LogP) is 5.08. The van der Waals surface area contributed by atoms with E-state index in [1.165, 1.54) is 23.3 Å². The maximum absolute atomic E-state index is 4.58. The number of hydrogen-bond acceptors (Lipinski definition) is 6. The maximum atomic E-state index is 4.58. The van der Waals surface area contributed by atoms with Crippen molar-refractivity contribution in [2.24, 2.45) is 0 Å². The van der Waals surface area contributed by atoms with E-state index >= 15 is 0 Å². The minimum absolute atomic E-state index is 0.0508. The number of nitrogens with zero attached hydrogens (tertiary/aromatic N) is 6. The minimum Gasteiger partial charge on any atom is -0.284 e.